The van der Waals surface area contributed by atoms with E-state index in [1.807, 2.05) is 30.3 Å². The number of amides is 1. The summed E-state index contributed by atoms with van der Waals surface area (Å²) < 4.78 is 0. The maximum Gasteiger partial charge on any atom is 0.261 e. The number of halogens is 1. The summed E-state index contributed by atoms with van der Waals surface area (Å²) in [5.41, 5.74) is 7.18. The summed E-state index contributed by atoms with van der Waals surface area (Å²) in [7, 11) is 1.61. The van der Waals surface area contributed by atoms with Gasteiger partial charge in [-0.2, -0.15) is 12.6 Å². The molecular formula is C26H26ClN5O4S. The molecule has 3 N–H and O–H groups in total. The number of ketones is 1. The number of allylic oxidation sites excluding steroid dienone is 2. The van der Waals surface area contributed by atoms with Crippen LogP contribution in [0, 0.1) is 10.1 Å². The van der Waals surface area contributed by atoms with Gasteiger partial charge in [0, 0.05) is 28.0 Å². The first-order valence-electron chi connectivity index (χ1n) is 11.5. The van der Waals surface area contributed by atoms with Crippen molar-refractivity contribution in [2.75, 3.05) is 17.7 Å². The predicted octanol–water partition coefficient (Wildman–Crippen LogP) is 3.15. The summed E-state index contributed by atoms with van der Waals surface area (Å²) >= 11 is 10.6. The number of nitro groups is 1. The van der Waals surface area contributed by atoms with E-state index in [-0.39, 0.29) is 17.9 Å². The van der Waals surface area contributed by atoms with E-state index in [1.54, 1.807) is 38.2 Å². The Morgan fingerprint density at radius 3 is 2.65 bits per heavy atom. The molecule has 3 atom stereocenters. The average Bonchev–Trinajstić information content (AvgIpc) is 3.02. The number of Topliss-reactive ketones (excluding diaryl/α,β-unsaturated/α-hetero) is 1. The lowest BCUT2D eigenvalue weighted by atomic mass is 9.86. The van der Waals surface area contributed by atoms with Crippen molar-refractivity contribution < 1.29 is 14.5 Å². The molecule has 1 amide bonds. The number of nitrogens with zero attached hydrogens (tertiary/aromatic N) is 3. The lowest BCUT2D eigenvalue weighted by Crippen LogP contribution is -2.65. The zero-order chi connectivity index (χ0) is 26.9. The van der Waals surface area contributed by atoms with E-state index in [9.17, 15) is 19.7 Å². The lowest BCUT2D eigenvalue weighted by Gasteiger charge is -2.45. The number of nitrogens with one attached hydrogen (secondary N) is 1. The summed E-state index contributed by atoms with van der Waals surface area (Å²) in [6, 6.07) is 11.5. The van der Waals surface area contributed by atoms with E-state index in [4.69, 9.17) is 17.3 Å². The number of benzodiazepines with no additional fused rings is 1. The lowest BCUT2D eigenvalue weighted by molar-refractivity contribution is -0.429. The van der Waals surface area contributed by atoms with Crippen molar-refractivity contribution in [3.05, 3.63) is 98.2 Å². The predicted molar refractivity (Wildman–Crippen MR) is 147 cm³/mol. The molecule has 11 heteroatoms. The Kier molecular flexibility index (Phi) is 7.65. The first-order valence-corrected chi connectivity index (χ1v) is 12.5. The Morgan fingerprint density at radius 1 is 1.32 bits per heavy atom. The summed E-state index contributed by atoms with van der Waals surface area (Å²) in [5, 5.41) is 15.3. The van der Waals surface area contributed by atoms with Gasteiger partial charge in [-0.15, -0.1) is 0 Å². The van der Waals surface area contributed by atoms with E-state index in [2.05, 4.69) is 22.9 Å². The van der Waals surface area contributed by atoms with Crippen molar-refractivity contribution in [2.45, 2.75) is 31.1 Å². The van der Waals surface area contributed by atoms with E-state index in [1.165, 1.54) is 11.0 Å². The van der Waals surface area contributed by atoms with Crippen molar-refractivity contribution >= 4 is 47.3 Å². The Hall–Kier alpha value is -3.31. The van der Waals surface area contributed by atoms with Gasteiger partial charge < -0.3 is 5.73 Å². The highest BCUT2D eigenvalue weighted by Gasteiger charge is 2.50. The minimum Gasteiger partial charge on any atom is -0.321 e. The van der Waals surface area contributed by atoms with Crippen molar-refractivity contribution in [1.29, 1.82) is 0 Å². The molecule has 1 heterocycles. The molecule has 9 nitrogen and oxygen atoms in total. The first-order chi connectivity index (χ1) is 17.6. The third kappa shape index (κ3) is 4.73. The Balaban J connectivity index is 2.04. The topological polar surface area (TPSA) is 131 Å². The molecule has 192 valence electrons. The van der Waals surface area contributed by atoms with Gasteiger partial charge in [0.15, 0.2) is 11.8 Å². The van der Waals surface area contributed by atoms with E-state index < -0.39 is 34.4 Å². The van der Waals surface area contributed by atoms with Crippen LogP contribution in [0.3, 0.4) is 0 Å². The second kappa shape index (κ2) is 10.6. The quantitative estimate of drug-likeness (QED) is 0.214. The first kappa shape index (κ1) is 26.7. The van der Waals surface area contributed by atoms with Gasteiger partial charge in [0.1, 0.15) is 5.66 Å². The minimum absolute atomic E-state index is 0.0158. The maximum absolute atomic E-state index is 14.3. The second-order valence-corrected chi connectivity index (χ2v) is 9.63. The Morgan fingerprint density at radius 2 is 2.03 bits per heavy atom. The van der Waals surface area contributed by atoms with E-state index in [0.717, 1.165) is 0 Å². The van der Waals surface area contributed by atoms with Crippen molar-refractivity contribution in [1.82, 2.24) is 5.32 Å². The van der Waals surface area contributed by atoms with Crippen molar-refractivity contribution in [3.63, 3.8) is 0 Å². The fourth-order valence-electron chi connectivity index (χ4n) is 4.68. The molecule has 1 aliphatic heterocycles. The number of rotatable bonds is 7. The van der Waals surface area contributed by atoms with Crippen LogP contribution in [0.2, 0.25) is 5.02 Å². The number of hydrogen-bond donors (Lipinski definition) is 3. The van der Waals surface area contributed by atoms with Gasteiger partial charge in [-0.05, 0) is 37.7 Å². The zero-order valence-corrected chi connectivity index (χ0v) is 21.9. The minimum atomic E-state index is -1.51. The highest BCUT2D eigenvalue weighted by atomic mass is 35.5. The molecular weight excluding hydrogens is 514 g/mol. The fourth-order valence-corrected chi connectivity index (χ4v) is 5.04. The number of anilines is 1. The van der Waals surface area contributed by atoms with Gasteiger partial charge in [0.25, 0.3) is 5.91 Å². The van der Waals surface area contributed by atoms with Crippen LogP contribution >= 0.6 is 24.2 Å². The molecule has 4 rings (SSSR count). The van der Waals surface area contributed by atoms with E-state index in [0.29, 0.717) is 33.1 Å². The average molecular weight is 540 g/mol. The molecule has 2 aromatic carbocycles. The van der Waals surface area contributed by atoms with Crippen LogP contribution in [0.15, 0.2) is 76.9 Å². The largest absolute Gasteiger partial charge is 0.321 e. The highest BCUT2D eigenvalue weighted by molar-refractivity contribution is 7.80. The van der Waals surface area contributed by atoms with Crippen LogP contribution in [0.5, 0.6) is 0 Å². The van der Waals surface area contributed by atoms with Crippen LogP contribution in [0.25, 0.3) is 0 Å². The van der Waals surface area contributed by atoms with Gasteiger partial charge in [0.2, 0.25) is 5.70 Å². The van der Waals surface area contributed by atoms with Crippen LogP contribution in [-0.4, -0.2) is 52.9 Å². The normalized spacial score (nSPS) is 22.3. The van der Waals surface area contributed by atoms with Gasteiger partial charge in [0.05, 0.1) is 28.8 Å². The molecule has 0 fully saturated rings. The molecule has 0 bridgehead atoms. The molecule has 0 saturated heterocycles. The molecule has 0 saturated carbocycles. The van der Waals surface area contributed by atoms with Gasteiger partial charge in [-0.25, -0.2) is 0 Å². The molecule has 3 unspecified atom stereocenters. The summed E-state index contributed by atoms with van der Waals surface area (Å²) in [6.07, 6.45) is 2.87. The zero-order valence-electron chi connectivity index (χ0n) is 20.2. The van der Waals surface area contributed by atoms with Crippen molar-refractivity contribution in [2.24, 2.45) is 10.7 Å². The van der Waals surface area contributed by atoms with Gasteiger partial charge in [-0.1, -0.05) is 48.0 Å². The number of carbonyl (C=O) groups excluding carboxylic acids is 2. The summed E-state index contributed by atoms with van der Waals surface area (Å²) in [5.74, 6) is -1.25. The van der Waals surface area contributed by atoms with Crippen LogP contribution < -0.4 is 16.0 Å². The SMILES string of the molecule is CNC1(N2C(=O)C(C(=O)C(N)CS)N=C(c3ccccc3)c3cc(Cl)ccc32)CC([N+](=O)[O-])=CC=C1C. The fraction of sp³-hybridized carbons (Fsp3) is 0.269. The molecule has 0 radical (unpaired) electrons. The maximum atomic E-state index is 14.3. The van der Waals surface area contributed by atoms with Crippen LogP contribution in [0.4, 0.5) is 5.69 Å². The number of aliphatic imine (C=N–C) groups is 1. The standard InChI is InChI=1S/C26H26ClN5O4S/c1-15-8-10-18(32(35)36)13-26(15,29-2)31-21-11-9-17(27)12-19(21)22(16-6-4-3-5-7-16)30-23(25(31)34)24(33)20(28)14-37/h3-12,20,23,29,37H,13-14,28H2,1-2H3. The molecule has 0 aromatic heterocycles. The second-order valence-electron chi connectivity index (χ2n) is 8.82. The molecule has 0 spiro atoms. The monoisotopic (exact) mass is 539 g/mol. The number of carbonyl (C=O) groups is 2. The van der Waals surface area contributed by atoms with Gasteiger partial charge >= 0.3 is 0 Å². The molecule has 37 heavy (non-hydrogen) atoms. The van der Waals surface area contributed by atoms with E-state index >= 15 is 0 Å². The van der Waals surface area contributed by atoms with Crippen molar-refractivity contribution in [3.8, 4) is 0 Å². The number of fused-ring (bicyclic) bond motifs is 1. The molecule has 1 aliphatic carbocycles. The number of likely N-dealkylation sites (N-methyl/N-ethyl adjacent to an activating group) is 1. The summed E-state index contributed by atoms with van der Waals surface area (Å²) in [4.78, 5) is 45.2. The number of benzene rings is 2. The third-order valence-corrected chi connectivity index (χ3v) is 7.32. The Bertz CT molecular complexity index is 1360. The molecule has 2 aliphatic rings. The highest BCUT2D eigenvalue weighted by Crippen LogP contribution is 2.41. The van der Waals surface area contributed by atoms with Crippen LogP contribution in [0.1, 0.15) is 24.5 Å². The third-order valence-electron chi connectivity index (χ3n) is 6.69. The number of hydrogen-bond acceptors (Lipinski definition) is 8. The number of nitrogens with two attached hydrogens (primary N) is 1. The summed E-state index contributed by atoms with van der Waals surface area (Å²) in [6.45, 7) is 1.77. The smallest absolute Gasteiger partial charge is 0.261 e. The number of thiol groups is 1. The van der Waals surface area contributed by atoms with Gasteiger partial charge in [-0.3, -0.25) is 34.9 Å². The van der Waals surface area contributed by atoms with Crippen LogP contribution in [-0.2, 0) is 9.59 Å². The Labute approximate surface area is 224 Å². The molecule has 2 aromatic rings.